The number of nitrogen functional groups attached to an aromatic ring is 1. The summed E-state index contributed by atoms with van der Waals surface area (Å²) in [6.07, 6.45) is 2.63. The maximum absolute atomic E-state index is 11.8. The predicted molar refractivity (Wildman–Crippen MR) is 24.5 cm³/mol. The van der Waals surface area contributed by atoms with Crippen molar-refractivity contribution in [3.05, 3.63) is 24.3 Å². The maximum Gasteiger partial charge on any atom is 0.142 e. The van der Waals surface area contributed by atoms with Crippen molar-refractivity contribution in [2.45, 2.75) is 0 Å². The van der Waals surface area contributed by atoms with Gasteiger partial charge in [-0.25, -0.2) is 4.39 Å². The summed E-state index contributed by atoms with van der Waals surface area (Å²) in [5.74, 6) is 4.75. The van der Waals surface area contributed by atoms with Crippen molar-refractivity contribution in [2.75, 3.05) is 5.84 Å². The molecule has 0 bridgehead atoms. The van der Waals surface area contributed by atoms with E-state index in [9.17, 15) is 4.39 Å². The molecule has 0 radical (unpaired) electrons. The third-order valence-electron chi connectivity index (χ3n) is 0.678. The predicted octanol–water partition coefficient (Wildman–Crippen LogP) is 0.341. The quantitative estimate of drug-likeness (QED) is 0.468. The summed E-state index contributed by atoms with van der Waals surface area (Å²) in [4.78, 5) is 0. The van der Waals surface area contributed by atoms with E-state index in [1.54, 1.807) is 0 Å². The molecule has 0 fully saturated rings. The minimum atomic E-state index is -0.303. The van der Waals surface area contributed by atoms with Crippen LogP contribution in [0.2, 0.25) is 0 Å². The second-order valence-corrected chi connectivity index (χ2v) is 1.28. The van der Waals surface area contributed by atoms with Gasteiger partial charge in [-0.3, -0.25) is 4.68 Å². The first-order valence-corrected chi connectivity index (χ1v) is 1.87. The molecular weight excluding hydrogens is 95.1 g/mol. The Labute approximate surface area is 40.3 Å². The standard InChI is InChI=1S/C4H5FN2/c5-4-1-2-7(6)3-4/h1-3H,6H2. The van der Waals surface area contributed by atoms with Crippen molar-refractivity contribution in [1.29, 1.82) is 0 Å². The molecule has 0 atom stereocenters. The number of nitrogens with two attached hydrogens (primary N) is 1. The number of nitrogens with zero attached hydrogens (tertiary/aromatic N) is 1. The van der Waals surface area contributed by atoms with Gasteiger partial charge < -0.3 is 5.84 Å². The van der Waals surface area contributed by atoms with Crippen molar-refractivity contribution in [2.24, 2.45) is 0 Å². The minimum Gasteiger partial charge on any atom is -0.340 e. The first-order chi connectivity index (χ1) is 3.29. The minimum absolute atomic E-state index is 0.303. The highest BCUT2D eigenvalue weighted by Gasteiger charge is 1.85. The first-order valence-electron chi connectivity index (χ1n) is 1.87. The molecule has 2 nitrogen and oxygen atoms in total. The number of hydrogen-bond donors (Lipinski definition) is 1. The Bertz CT molecular complexity index is 142. The lowest BCUT2D eigenvalue weighted by atomic mass is 10.6. The lowest BCUT2D eigenvalue weighted by Gasteiger charge is -1.81. The fourth-order valence-corrected chi connectivity index (χ4v) is 0.386. The molecule has 38 valence electrons. The van der Waals surface area contributed by atoms with Gasteiger partial charge in [0.15, 0.2) is 0 Å². The van der Waals surface area contributed by atoms with Crippen molar-refractivity contribution in [3.63, 3.8) is 0 Å². The molecule has 0 aliphatic heterocycles. The smallest absolute Gasteiger partial charge is 0.142 e. The fourth-order valence-electron chi connectivity index (χ4n) is 0.386. The van der Waals surface area contributed by atoms with Crippen LogP contribution in [0.25, 0.3) is 0 Å². The molecule has 0 saturated heterocycles. The van der Waals surface area contributed by atoms with Crippen LogP contribution >= 0.6 is 0 Å². The molecule has 1 aromatic heterocycles. The van der Waals surface area contributed by atoms with E-state index in [4.69, 9.17) is 5.84 Å². The van der Waals surface area contributed by atoms with E-state index < -0.39 is 0 Å². The molecule has 0 unspecified atom stereocenters. The average Bonchev–Trinajstić information content (AvgIpc) is 1.87. The second-order valence-electron chi connectivity index (χ2n) is 1.28. The Hall–Kier alpha value is -0.990. The summed E-state index contributed by atoms with van der Waals surface area (Å²) in [7, 11) is 0. The van der Waals surface area contributed by atoms with Crippen LogP contribution in [0.3, 0.4) is 0 Å². The zero-order valence-electron chi connectivity index (χ0n) is 3.63. The molecule has 0 aromatic carbocycles. The highest BCUT2D eigenvalue weighted by Crippen LogP contribution is 1.91. The molecule has 0 spiro atoms. The maximum atomic E-state index is 11.8. The highest BCUT2D eigenvalue weighted by atomic mass is 19.1. The molecule has 0 aliphatic rings. The van der Waals surface area contributed by atoms with Crippen LogP contribution in [-0.4, -0.2) is 4.68 Å². The summed E-state index contributed by atoms with van der Waals surface area (Å²) in [6.45, 7) is 0. The van der Waals surface area contributed by atoms with E-state index in [0.717, 1.165) is 4.68 Å². The highest BCUT2D eigenvalue weighted by molar-refractivity contribution is 4.93. The van der Waals surface area contributed by atoms with Crippen LogP contribution in [-0.2, 0) is 0 Å². The lowest BCUT2D eigenvalue weighted by Crippen LogP contribution is -2.02. The van der Waals surface area contributed by atoms with Gasteiger partial charge >= 0.3 is 0 Å². The van der Waals surface area contributed by atoms with Gasteiger partial charge in [0.05, 0.1) is 6.20 Å². The van der Waals surface area contributed by atoms with Crippen molar-refractivity contribution >= 4 is 0 Å². The number of rotatable bonds is 0. The molecule has 2 N–H and O–H groups in total. The molecule has 1 rings (SSSR count). The Balaban J connectivity index is 3.04. The normalized spacial score (nSPS) is 9.29. The van der Waals surface area contributed by atoms with Crippen molar-refractivity contribution < 1.29 is 4.39 Å². The van der Waals surface area contributed by atoms with E-state index in [1.165, 1.54) is 18.5 Å². The summed E-state index contributed by atoms with van der Waals surface area (Å²) in [6, 6.07) is 1.29. The Morgan fingerprint density at radius 1 is 1.71 bits per heavy atom. The molecule has 1 heterocycles. The van der Waals surface area contributed by atoms with E-state index in [-0.39, 0.29) is 5.82 Å². The van der Waals surface area contributed by atoms with Gasteiger partial charge in [0, 0.05) is 6.20 Å². The van der Waals surface area contributed by atoms with Gasteiger partial charge in [-0.2, -0.15) is 0 Å². The van der Waals surface area contributed by atoms with Crippen molar-refractivity contribution in [1.82, 2.24) is 4.68 Å². The Morgan fingerprint density at radius 3 is 2.57 bits per heavy atom. The fraction of sp³-hybridized carbons (Fsp3) is 0. The van der Waals surface area contributed by atoms with Crippen molar-refractivity contribution in [3.8, 4) is 0 Å². The summed E-state index contributed by atoms with van der Waals surface area (Å²) in [5, 5.41) is 0. The molecule has 0 aliphatic carbocycles. The zero-order chi connectivity index (χ0) is 5.28. The van der Waals surface area contributed by atoms with E-state index in [0.29, 0.717) is 0 Å². The monoisotopic (exact) mass is 100 g/mol. The van der Waals surface area contributed by atoms with Gasteiger partial charge in [-0.05, 0) is 6.07 Å². The molecular formula is C4H5FN2. The Kier molecular flexibility index (Phi) is 0.749. The van der Waals surface area contributed by atoms with Gasteiger partial charge in [-0.15, -0.1) is 0 Å². The van der Waals surface area contributed by atoms with E-state index in [1.807, 2.05) is 0 Å². The number of aromatic nitrogens is 1. The third kappa shape index (κ3) is 0.707. The first kappa shape index (κ1) is 4.18. The molecule has 7 heavy (non-hydrogen) atoms. The van der Waals surface area contributed by atoms with Crippen LogP contribution in [0.15, 0.2) is 18.5 Å². The van der Waals surface area contributed by atoms with Gasteiger partial charge in [0.2, 0.25) is 0 Å². The van der Waals surface area contributed by atoms with Crippen LogP contribution in [0.1, 0.15) is 0 Å². The van der Waals surface area contributed by atoms with Crippen LogP contribution < -0.4 is 5.84 Å². The van der Waals surface area contributed by atoms with E-state index in [2.05, 4.69) is 0 Å². The zero-order valence-corrected chi connectivity index (χ0v) is 3.63. The second kappa shape index (κ2) is 1.26. The van der Waals surface area contributed by atoms with Gasteiger partial charge in [-0.1, -0.05) is 0 Å². The number of halogens is 1. The third-order valence-corrected chi connectivity index (χ3v) is 0.678. The van der Waals surface area contributed by atoms with Crippen LogP contribution in [0.4, 0.5) is 4.39 Å². The van der Waals surface area contributed by atoms with E-state index >= 15 is 0 Å². The van der Waals surface area contributed by atoms with Crippen LogP contribution in [0.5, 0.6) is 0 Å². The van der Waals surface area contributed by atoms with Gasteiger partial charge in [0.1, 0.15) is 5.82 Å². The summed E-state index contributed by atoms with van der Waals surface area (Å²) < 4.78 is 13.0. The summed E-state index contributed by atoms with van der Waals surface area (Å²) in [5.41, 5.74) is 0. The average molecular weight is 100 g/mol. The molecule has 0 amide bonds. The Morgan fingerprint density at radius 2 is 2.43 bits per heavy atom. The molecule has 1 aromatic rings. The lowest BCUT2D eigenvalue weighted by molar-refractivity contribution is 0.626. The van der Waals surface area contributed by atoms with Crippen LogP contribution in [0, 0.1) is 5.82 Å². The largest absolute Gasteiger partial charge is 0.340 e. The topological polar surface area (TPSA) is 30.9 Å². The molecule has 0 saturated carbocycles. The molecule has 3 heteroatoms. The van der Waals surface area contributed by atoms with Gasteiger partial charge in [0.25, 0.3) is 0 Å². The summed E-state index contributed by atoms with van der Waals surface area (Å²) >= 11 is 0. The number of hydrogen-bond acceptors (Lipinski definition) is 1. The SMILES string of the molecule is Nn1ccc(F)c1.